The van der Waals surface area contributed by atoms with Crippen molar-refractivity contribution in [2.24, 2.45) is 0 Å². The van der Waals surface area contributed by atoms with Gasteiger partial charge >= 0.3 is 0 Å². The highest BCUT2D eigenvalue weighted by atomic mass is 32.1. The predicted molar refractivity (Wildman–Crippen MR) is 112 cm³/mol. The number of nitrogens with zero attached hydrogens (tertiary/aromatic N) is 2. The van der Waals surface area contributed by atoms with Gasteiger partial charge in [0.15, 0.2) is 0 Å². The predicted octanol–water partition coefficient (Wildman–Crippen LogP) is 4.78. The van der Waals surface area contributed by atoms with Gasteiger partial charge in [-0.1, -0.05) is 48.5 Å². The van der Waals surface area contributed by atoms with Crippen molar-refractivity contribution in [3.05, 3.63) is 81.7 Å². The molecule has 4 nitrogen and oxygen atoms in total. The third-order valence-electron chi connectivity index (χ3n) is 5.33. The number of fused-ring (bicyclic) bond motifs is 2. The van der Waals surface area contributed by atoms with Crippen LogP contribution in [0.5, 0.6) is 0 Å². The maximum atomic E-state index is 12.9. The van der Waals surface area contributed by atoms with Crippen LogP contribution in [-0.4, -0.2) is 16.5 Å². The van der Waals surface area contributed by atoms with Crippen molar-refractivity contribution < 1.29 is 0 Å². The van der Waals surface area contributed by atoms with Crippen molar-refractivity contribution in [3.63, 3.8) is 0 Å². The van der Waals surface area contributed by atoms with E-state index in [1.807, 2.05) is 35.7 Å². The van der Waals surface area contributed by atoms with Crippen molar-refractivity contribution in [1.29, 1.82) is 0 Å². The standard InChI is InChI=1S/C22H19N3OS/c1-14(25-12-11-16-9-5-6-10-18(16)25)20-23-21(26)19-17(13-27-22(19)24-20)15-7-3-2-4-8-15/h2-10,13-14H,11-12H2,1H3,(H,23,24,26)/t14-/m0/s1. The summed E-state index contributed by atoms with van der Waals surface area (Å²) in [6, 6.07) is 18.5. The molecule has 2 aromatic heterocycles. The second kappa shape index (κ2) is 6.35. The van der Waals surface area contributed by atoms with E-state index in [9.17, 15) is 4.79 Å². The van der Waals surface area contributed by atoms with Gasteiger partial charge in [0.2, 0.25) is 0 Å². The van der Waals surface area contributed by atoms with Gasteiger partial charge in [-0.3, -0.25) is 4.79 Å². The first-order valence-corrected chi connectivity index (χ1v) is 10.0. The molecule has 1 aliphatic rings. The first-order chi connectivity index (χ1) is 13.2. The Hall–Kier alpha value is -2.92. The fraction of sp³-hybridized carbons (Fsp3) is 0.182. The van der Waals surface area contributed by atoms with E-state index in [0.29, 0.717) is 5.39 Å². The van der Waals surface area contributed by atoms with Crippen LogP contribution in [0, 0.1) is 0 Å². The number of hydrogen-bond donors (Lipinski definition) is 1. The summed E-state index contributed by atoms with van der Waals surface area (Å²) < 4.78 is 0. The summed E-state index contributed by atoms with van der Waals surface area (Å²) in [6.45, 7) is 3.06. The molecule has 27 heavy (non-hydrogen) atoms. The van der Waals surface area contributed by atoms with Crippen molar-refractivity contribution in [2.45, 2.75) is 19.4 Å². The summed E-state index contributed by atoms with van der Waals surface area (Å²) in [5, 5.41) is 2.71. The van der Waals surface area contributed by atoms with Crippen LogP contribution < -0.4 is 10.5 Å². The molecule has 0 amide bonds. The zero-order valence-corrected chi connectivity index (χ0v) is 15.8. The highest BCUT2D eigenvalue weighted by molar-refractivity contribution is 7.17. The fourth-order valence-electron chi connectivity index (χ4n) is 3.91. The van der Waals surface area contributed by atoms with Gasteiger partial charge in [-0.2, -0.15) is 0 Å². The smallest absolute Gasteiger partial charge is 0.260 e. The summed E-state index contributed by atoms with van der Waals surface area (Å²) in [6.07, 6.45) is 1.03. The normalized spacial score (nSPS) is 14.5. The molecule has 0 radical (unpaired) electrons. The molecule has 2 aromatic carbocycles. The lowest BCUT2D eigenvalue weighted by Gasteiger charge is -2.26. The third-order valence-corrected chi connectivity index (χ3v) is 6.21. The second-order valence-electron chi connectivity index (χ2n) is 6.89. The number of aromatic amines is 1. The number of rotatable bonds is 3. The highest BCUT2D eigenvalue weighted by Crippen LogP contribution is 2.35. The van der Waals surface area contributed by atoms with Gasteiger partial charge in [0.1, 0.15) is 10.7 Å². The van der Waals surface area contributed by atoms with Crippen LogP contribution in [0.25, 0.3) is 21.3 Å². The molecule has 0 bridgehead atoms. The largest absolute Gasteiger partial charge is 0.361 e. The number of thiophene rings is 1. The van der Waals surface area contributed by atoms with Crippen molar-refractivity contribution in [3.8, 4) is 11.1 Å². The minimum Gasteiger partial charge on any atom is -0.361 e. The molecule has 4 aromatic rings. The Morgan fingerprint density at radius 2 is 1.89 bits per heavy atom. The van der Waals surface area contributed by atoms with Crippen LogP contribution >= 0.6 is 11.3 Å². The third kappa shape index (κ3) is 2.66. The highest BCUT2D eigenvalue weighted by Gasteiger charge is 2.26. The SMILES string of the molecule is C[C@@H](c1nc2scc(-c3ccccc3)c2c(=O)[nH]1)N1CCc2ccccc21. The number of hydrogen-bond acceptors (Lipinski definition) is 4. The second-order valence-corrected chi connectivity index (χ2v) is 7.75. The molecule has 134 valence electrons. The van der Waals surface area contributed by atoms with Gasteiger partial charge in [0.25, 0.3) is 5.56 Å². The Bertz CT molecular complexity index is 1180. The molecule has 1 atom stereocenters. The van der Waals surface area contributed by atoms with E-state index in [0.717, 1.165) is 34.7 Å². The molecule has 0 unspecified atom stereocenters. The molecule has 5 rings (SSSR count). The van der Waals surface area contributed by atoms with E-state index < -0.39 is 0 Å². The molecular weight excluding hydrogens is 354 g/mol. The molecule has 3 heterocycles. The molecule has 0 spiro atoms. The van der Waals surface area contributed by atoms with Crippen LogP contribution in [0.3, 0.4) is 0 Å². The Labute approximate surface area is 161 Å². The Morgan fingerprint density at radius 3 is 2.74 bits per heavy atom. The van der Waals surface area contributed by atoms with Crippen LogP contribution in [0.2, 0.25) is 0 Å². The first kappa shape index (κ1) is 16.3. The maximum absolute atomic E-state index is 12.9. The van der Waals surface area contributed by atoms with E-state index in [-0.39, 0.29) is 11.6 Å². The lowest BCUT2D eigenvalue weighted by molar-refractivity contribution is 0.654. The summed E-state index contributed by atoms with van der Waals surface area (Å²) in [4.78, 5) is 23.9. The minimum atomic E-state index is -0.0607. The molecule has 0 saturated heterocycles. The Kier molecular flexibility index (Phi) is 3.83. The Balaban J connectivity index is 1.57. The van der Waals surface area contributed by atoms with Gasteiger partial charge in [-0.15, -0.1) is 11.3 Å². The van der Waals surface area contributed by atoms with Crippen molar-refractivity contribution in [2.75, 3.05) is 11.4 Å². The number of H-pyrrole nitrogens is 1. The molecule has 0 aliphatic carbocycles. The lowest BCUT2D eigenvalue weighted by atomic mass is 10.1. The number of benzene rings is 2. The van der Waals surface area contributed by atoms with Crippen LogP contribution in [0.1, 0.15) is 24.4 Å². The van der Waals surface area contributed by atoms with E-state index >= 15 is 0 Å². The quantitative estimate of drug-likeness (QED) is 0.562. The number of nitrogens with one attached hydrogen (secondary N) is 1. The zero-order chi connectivity index (χ0) is 18.4. The summed E-state index contributed by atoms with van der Waals surface area (Å²) in [5.41, 5.74) is 4.54. The van der Waals surface area contributed by atoms with Gasteiger partial charge in [0.05, 0.1) is 11.4 Å². The van der Waals surface area contributed by atoms with Gasteiger partial charge in [0, 0.05) is 23.2 Å². The van der Waals surface area contributed by atoms with Crippen molar-refractivity contribution in [1.82, 2.24) is 9.97 Å². The summed E-state index contributed by atoms with van der Waals surface area (Å²) >= 11 is 1.53. The van der Waals surface area contributed by atoms with E-state index in [1.165, 1.54) is 22.6 Å². The minimum absolute atomic E-state index is 0.0213. The van der Waals surface area contributed by atoms with Crippen molar-refractivity contribution >= 4 is 27.2 Å². The van der Waals surface area contributed by atoms with Crippen LogP contribution in [0.15, 0.2) is 64.8 Å². The maximum Gasteiger partial charge on any atom is 0.260 e. The molecular formula is C22H19N3OS. The number of aromatic nitrogens is 2. The average molecular weight is 373 g/mol. The van der Waals surface area contributed by atoms with Crippen LogP contribution in [0.4, 0.5) is 5.69 Å². The summed E-state index contributed by atoms with van der Waals surface area (Å²) in [7, 11) is 0. The zero-order valence-electron chi connectivity index (χ0n) is 15.0. The van der Waals surface area contributed by atoms with Gasteiger partial charge in [-0.05, 0) is 30.5 Å². The topological polar surface area (TPSA) is 49.0 Å². The molecule has 5 heteroatoms. The molecule has 1 N–H and O–H groups in total. The van der Waals surface area contributed by atoms with E-state index in [4.69, 9.17) is 4.98 Å². The lowest BCUT2D eigenvalue weighted by Crippen LogP contribution is -2.27. The molecule has 0 saturated carbocycles. The molecule has 1 aliphatic heterocycles. The fourth-order valence-corrected chi connectivity index (χ4v) is 4.86. The first-order valence-electron chi connectivity index (χ1n) is 9.14. The van der Waals surface area contributed by atoms with E-state index in [1.54, 1.807) is 0 Å². The number of para-hydroxylation sites is 1. The Morgan fingerprint density at radius 1 is 1.11 bits per heavy atom. The van der Waals surface area contributed by atoms with Gasteiger partial charge < -0.3 is 9.88 Å². The summed E-state index contributed by atoms with van der Waals surface area (Å²) in [5.74, 6) is 0.727. The monoisotopic (exact) mass is 373 g/mol. The van der Waals surface area contributed by atoms with Crippen LogP contribution in [-0.2, 0) is 6.42 Å². The molecule has 0 fully saturated rings. The number of anilines is 1. The van der Waals surface area contributed by atoms with E-state index in [2.05, 4.69) is 41.1 Å². The average Bonchev–Trinajstić information content (AvgIpc) is 3.33. The van der Waals surface area contributed by atoms with Gasteiger partial charge in [-0.25, -0.2) is 4.98 Å².